The normalized spacial score (nSPS) is 16.9. The van der Waals surface area contributed by atoms with Crippen molar-refractivity contribution in [3.63, 3.8) is 0 Å². The summed E-state index contributed by atoms with van der Waals surface area (Å²) in [6.45, 7) is 5.55. The number of hydrogen-bond donors (Lipinski definition) is 1. The molecule has 0 spiro atoms. The SMILES string of the molecule is CCOC(=O)C1CCN([C@H](c2ccc(Br)cc2)c2sc3nc(C)nn3c2O)CC1. The maximum Gasteiger partial charge on any atom is 0.309 e. The highest BCUT2D eigenvalue weighted by atomic mass is 79.9. The molecule has 3 aromatic rings. The number of ether oxygens (including phenoxy) is 1. The number of aryl methyl sites for hydroxylation is 1. The molecule has 9 heteroatoms. The van der Waals surface area contributed by atoms with Gasteiger partial charge in [0.25, 0.3) is 0 Å². The molecule has 1 atom stereocenters. The Morgan fingerprint density at radius 1 is 1.34 bits per heavy atom. The second kappa shape index (κ2) is 8.41. The molecule has 154 valence electrons. The fraction of sp³-hybridized carbons (Fsp3) is 0.450. The standard InChI is InChI=1S/C20H23BrN4O3S/c1-3-28-19(27)14-8-10-24(11-9-14)16(13-4-6-15(21)7-5-13)17-18(26)25-20(29-17)22-12(2)23-25/h4-7,14,16,26H,3,8-11H2,1-2H3/t16-/m1/s1. The minimum absolute atomic E-state index is 0.0599. The second-order valence-corrected chi connectivity index (χ2v) is 9.08. The molecule has 29 heavy (non-hydrogen) atoms. The van der Waals surface area contributed by atoms with Gasteiger partial charge in [-0.05, 0) is 57.5 Å². The van der Waals surface area contributed by atoms with Crippen LogP contribution in [0.3, 0.4) is 0 Å². The van der Waals surface area contributed by atoms with Gasteiger partial charge in [0.1, 0.15) is 5.82 Å². The Kier molecular flexibility index (Phi) is 5.89. The molecular formula is C20H23BrN4O3S. The number of thiazole rings is 1. The summed E-state index contributed by atoms with van der Waals surface area (Å²) in [7, 11) is 0. The molecule has 7 nitrogen and oxygen atoms in total. The minimum atomic E-state index is -0.125. The van der Waals surface area contributed by atoms with E-state index in [1.54, 1.807) is 0 Å². The Balaban J connectivity index is 1.66. The van der Waals surface area contributed by atoms with E-state index in [0.29, 0.717) is 17.4 Å². The molecule has 1 fully saturated rings. The Labute approximate surface area is 181 Å². The van der Waals surface area contributed by atoms with Crippen LogP contribution in [-0.4, -0.2) is 50.3 Å². The third-order valence-electron chi connectivity index (χ3n) is 5.25. The van der Waals surface area contributed by atoms with E-state index in [9.17, 15) is 9.90 Å². The van der Waals surface area contributed by atoms with E-state index >= 15 is 0 Å². The van der Waals surface area contributed by atoms with E-state index in [1.807, 2.05) is 26.0 Å². The van der Waals surface area contributed by atoms with E-state index in [1.165, 1.54) is 15.9 Å². The number of esters is 1. The van der Waals surface area contributed by atoms with Crippen molar-refractivity contribution in [1.82, 2.24) is 19.5 Å². The fourth-order valence-corrected chi connectivity index (χ4v) is 5.28. The summed E-state index contributed by atoms with van der Waals surface area (Å²) in [5.41, 5.74) is 1.08. The van der Waals surface area contributed by atoms with Crippen molar-refractivity contribution in [2.45, 2.75) is 32.7 Å². The van der Waals surface area contributed by atoms with Gasteiger partial charge >= 0.3 is 5.97 Å². The van der Waals surface area contributed by atoms with Gasteiger partial charge in [0, 0.05) is 4.47 Å². The van der Waals surface area contributed by atoms with Crippen LogP contribution >= 0.6 is 27.3 Å². The lowest BCUT2D eigenvalue weighted by Gasteiger charge is -2.36. The van der Waals surface area contributed by atoms with Gasteiger partial charge in [-0.2, -0.15) is 4.52 Å². The molecule has 0 amide bonds. The first-order chi connectivity index (χ1) is 14.0. The van der Waals surface area contributed by atoms with Crippen LogP contribution in [0, 0.1) is 12.8 Å². The molecule has 2 aromatic heterocycles. The first kappa shape index (κ1) is 20.3. The predicted octanol–water partition coefficient (Wildman–Crippen LogP) is 3.93. The number of rotatable bonds is 5. The molecular weight excluding hydrogens is 456 g/mol. The molecule has 4 rings (SSSR count). The van der Waals surface area contributed by atoms with E-state index in [0.717, 1.165) is 40.8 Å². The Morgan fingerprint density at radius 3 is 2.66 bits per heavy atom. The number of halogens is 1. The molecule has 0 radical (unpaired) electrons. The largest absolute Gasteiger partial charge is 0.492 e. The maximum absolute atomic E-state index is 12.1. The van der Waals surface area contributed by atoms with E-state index in [-0.39, 0.29) is 23.8 Å². The van der Waals surface area contributed by atoms with Crippen molar-refractivity contribution in [2.24, 2.45) is 5.92 Å². The lowest BCUT2D eigenvalue weighted by atomic mass is 9.94. The Morgan fingerprint density at radius 2 is 2.03 bits per heavy atom. The van der Waals surface area contributed by atoms with Crippen LogP contribution < -0.4 is 0 Å². The number of fused-ring (bicyclic) bond motifs is 1. The molecule has 0 unspecified atom stereocenters. The van der Waals surface area contributed by atoms with E-state index < -0.39 is 0 Å². The lowest BCUT2D eigenvalue weighted by Crippen LogP contribution is -2.39. The molecule has 0 aliphatic carbocycles. The smallest absolute Gasteiger partial charge is 0.309 e. The monoisotopic (exact) mass is 478 g/mol. The maximum atomic E-state index is 12.1. The lowest BCUT2D eigenvalue weighted by molar-refractivity contribution is -0.149. The number of nitrogens with zero attached hydrogens (tertiary/aromatic N) is 4. The molecule has 0 saturated carbocycles. The highest BCUT2D eigenvalue weighted by Gasteiger charge is 2.34. The summed E-state index contributed by atoms with van der Waals surface area (Å²) in [5, 5.41) is 15.2. The zero-order valence-corrected chi connectivity index (χ0v) is 18.7. The summed E-state index contributed by atoms with van der Waals surface area (Å²) >= 11 is 4.95. The highest BCUT2D eigenvalue weighted by Crippen LogP contribution is 2.41. The zero-order valence-electron chi connectivity index (χ0n) is 16.3. The van der Waals surface area contributed by atoms with Crippen molar-refractivity contribution in [3.05, 3.63) is 45.0 Å². The van der Waals surface area contributed by atoms with Gasteiger partial charge in [-0.3, -0.25) is 9.69 Å². The first-order valence-electron chi connectivity index (χ1n) is 9.69. The number of hydrogen-bond acceptors (Lipinski definition) is 7. The van der Waals surface area contributed by atoms with Crippen LogP contribution in [0.5, 0.6) is 5.88 Å². The van der Waals surface area contributed by atoms with Crippen LogP contribution in [0.1, 0.15) is 42.1 Å². The summed E-state index contributed by atoms with van der Waals surface area (Å²) < 4.78 is 7.71. The van der Waals surface area contributed by atoms with Crippen LogP contribution in [-0.2, 0) is 9.53 Å². The van der Waals surface area contributed by atoms with Gasteiger partial charge in [0.05, 0.1) is 23.4 Å². The summed E-state index contributed by atoms with van der Waals surface area (Å²) in [6, 6.07) is 8.01. The molecule has 1 aliphatic rings. The topological polar surface area (TPSA) is 80.0 Å². The highest BCUT2D eigenvalue weighted by molar-refractivity contribution is 9.10. The third-order valence-corrected chi connectivity index (χ3v) is 6.86. The fourth-order valence-electron chi connectivity index (χ4n) is 3.85. The van der Waals surface area contributed by atoms with Crippen LogP contribution in [0.2, 0.25) is 0 Å². The Bertz CT molecular complexity index is 1010. The summed E-state index contributed by atoms with van der Waals surface area (Å²) in [5.74, 6) is 0.597. The van der Waals surface area contributed by atoms with Crippen molar-refractivity contribution in [1.29, 1.82) is 0 Å². The first-order valence-corrected chi connectivity index (χ1v) is 11.3. The Hall–Kier alpha value is -1.97. The van der Waals surface area contributed by atoms with E-state index in [4.69, 9.17) is 4.74 Å². The van der Waals surface area contributed by atoms with Crippen molar-refractivity contribution < 1.29 is 14.6 Å². The quantitative estimate of drug-likeness (QED) is 0.559. The van der Waals surface area contributed by atoms with Gasteiger partial charge in [-0.25, -0.2) is 4.98 Å². The van der Waals surface area contributed by atoms with Crippen LogP contribution in [0.25, 0.3) is 4.96 Å². The molecule has 1 N–H and O–H groups in total. The van der Waals surface area contributed by atoms with Gasteiger partial charge in [-0.1, -0.05) is 39.4 Å². The number of carbonyl (C=O) groups is 1. The number of piperidine rings is 1. The van der Waals surface area contributed by atoms with Gasteiger partial charge in [-0.15, -0.1) is 5.10 Å². The predicted molar refractivity (Wildman–Crippen MR) is 114 cm³/mol. The summed E-state index contributed by atoms with van der Waals surface area (Å²) in [4.78, 5) is 20.3. The number of aromatic nitrogens is 3. The minimum Gasteiger partial charge on any atom is -0.492 e. The van der Waals surface area contributed by atoms with Crippen molar-refractivity contribution >= 4 is 38.2 Å². The van der Waals surface area contributed by atoms with Crippen molar-refractivity contribution in [3.8, 4) is 5.88 Å². The average molecular weight is 479 g/mol. The van der Waals surface area contributed by atoms with E-state index in [2.05, 4.69) is 43.0 Å². The number of benzene rings is 1. The second-order valence-electron chi connectivity index (χ2n) is 7.16. The molecule has 3 heterocycles. The van der Waals surface area contributed by atoms with Crippen LogP contribution in [0.4, 0.5) is 0 Å². The molecule has 1 aliphatic heterocycles. The summed E-state index contributed by atoms with van der Waals surface area (Å²) in [6.07, 6.45) is 1.49. The molecule has 0 bridgehead atoms. The number of aromatic hydroxyl groups is 1. The average Bonchev–Trinajstić information content (AvgIpc) is 3.22. The number of likely N-dealkylation sites (tertiary alicyclic amines) is 1. The number of carbonyl (C=O) groups excluding carboxylic acids is 1. The molecule has 1 saturated heterocycles. The van der Waals surface area contributed by atoms with Crippen molar-refractivity contribution in [2.75, 3.05) is 19.7 Å². The van der Waals surface area contributed by atoms with Crippen LogP contribution in [0.15, 0.2) is 28.7 Å². The zero-order chi connectivity index (χ0) is 20.5. The third kappa shape index (κ3) is 4.04. The van der Waals surface area contributed by atoms with Gasteiger partial charge in [0.2, 0.25) is 10.8 Å². The van der Waals surface area contributed by atoms with Gasteiger partial charge < -0.3 is 9.84 Å². The molecule has 1 aromatic carbocycles. The van der Waals surface area contributed by atoms with Gasteiger partial charge in [0.15, 0.2) is 0 Å².